The standard InChI is InChI=1S/C21H24FN3O/c1-12-5-4-6-19(23-12)24-20-13(2)21(15-7-8-15)25(14(3)26)18-11-16(22)9-10-17(18)20/h4-6,9-11,13,15,20-21H,7-8H2,1-3H3,(H,23,24)/t13-,20?,21?/m1/s1. The zero-order valence-corrected chi connectivity index (χ0v) is 15.4. The largest absolute Gasteiger partial charge is 0.363 e. The fourth-order valence-corrected chi connectivity index (χ4v) is 4.31. The first-order valence-electron chi connectivity index (χ1n) is 9.25. The number of hydrogen-bond acceptors (Lipinski definition) is 3. The third-order valence-electron chi connectivity index (χ3n) is 5.59. The molecule has 1 aliphatic carbocycles. The molecule has 0 saturated heterocycles. The van der Waals surface area contributed by atoms with Crippen molar-refractivity contribution in [1.29, 1.82) is 0 Å². The molecule has 0 spiro atoms. The summed E-state index contributed by atoms with van der Waals surface area (Å²) in [4.78, 5) is 18.8. The molecule has 2 aromatic rings. The van der Waals surface area contributed by atoms with Gasteiger partial charge >= 0.3 is 0 Å². The lowest BCUT2D eigenvalue weighted by Gasteiger charge is -2.45. The van der Waals surface area contributed by atoms with Gasteiger partial charge in [-0.05, 0) is 55.5 Å². The van der Waals surface area contributed by atoms with Gasteiger partial charge in [0, 0.05) is 24.6 Å². The number of amides is 1. The van der Waals surface area contributed by atoms with Crippen molar-refractivity contribution in [1.82, 2.24) is 4.98 Å². The summed E-state index contributed by atoms with van der Waals surface area (Å²) in [5.41, 5.74) is 2.59. The van der Waals surface area contributed by atoms with Gasteiger partial charge in [0.15, 0.2) is 0 Å². The van der Waals surface area contributed by atoms with Crippen molar-refractivity contribution in [3.63, 3.8) is 0 Å². The topological polar surface area (TPSA) is 45.2 Å². The van der Waals surface area contributed by atoms with E-state index >= 15 is 0 Å². The van der Waals surface area contributed by atoms with Crippen LogP contribution in [0.4, 0.5) is 15.9 Å². The van der Waals surface area contributed by atoms with E-state index in [4.69, 9.17) is 0 Å². The van der Waals surface area contributed by atoms with E-state index in [-0.39, 0.29) is 29.7 Å². The van der Waals surface area contributed by atoms with Gasteiger partial charge in [-0.25, -0.2) is 9.37 Å². The number of nitrogens with zero attached hydrogens (tertiary/aromatic N) is 2. The maximum atomic E-state index is 14.0. The Hall–Kier alpha value is -2.43. The number of pyridine rings is 1. The van der Waals surface area contributed by atoms with Crippen molar-refractivity contribution in [2.45, 2.75) is 45.7 Å². The molecule has 1 aliphatic heterocycles. The lowest BCUT2D eigenvalue weighted by Crippen LogP contribution is -2.51. The van der Waals surface area contributed by atoms with Crippen LogP contribution in [0.2, 0.25) is 0 Å². The Morgan fingerprint density at radius 2 is 2.04 bits per heavy atom. The van der Waals surface area contributed by atoms with E-state index in [0.717, 1.165) is 29.9 Å². The molecular formula is C21H24FN3O. The molecule has 4 rings (SSSR count). The van der Waals surface area contributed by atoms with Gasteiger partial charge in [0.05, 0.1) is 11.7 Å². The van der Waals surface area contributed by atoms with Crippen LogP contribution in [0.1, 0.15) is 44.0 Å². The van der Waals surface area contributed by atoms with Gasteiger partial charge < -0.3 is 10.2 Å². The van der Waals surface area contributed by atoms with Crippen molar-refractivity contribution < 1.29 is 9.18 Å². The van der Waals surface area contributed by atoms with Crippen LogP contribution < -0.4 is 10.2 Å². The highest BCUT2D eigenvalue weighted by molar-refractivity contribution is 5.94. The summed E-state index contributed by atoms with van der Waals surface area (Å²) in [5.74, 6) is 1.16. The first-order valence-corrected chi connectivity index (χ1v) is 9.25. The number of carbonyl (C=O) groups excluding carboxylic acids is 1. The molecule has 1 fully saturated rings. The molecule has 0 bridgehead atoms. The molecule has 136 valence electrons. The fraction of sp³-hybridized carbons (Fsp3) is 0.429. The molecule has 1 amide bonds. The molecule has 2 heterocycles. The first-order chi connectivity index (χ1) is 12.5. The second-order valence-electron chi connectivity index (χ2n) is 7.57. The molecule has 1 saturated carbocycles. The number of anilines is 2. The summed E-state index contributed by atoms with van der Waals surface area (Å²) in [7, 11) is 0. The number of fused-ring (bicyclic) bond motifs is 1. The summed E-state index contributed by atoms with van der Waals surface area (Å²) in [6.45, 7) is 5.72. The van der Waals surface area contributed by atoms with Crippen LogP contribution in [-0.4, -0.2) is 16.9 Å². The Morgan fingerprint density at radius 1 is 1.27 bits per heavy atom. The van der Waals surface area contributed by atoms with Crippen molar-refractivity contribution in [2.75, 3.05) is 10.2 Å². The number of benzene rings is 1. The molecule has 2 aliphatic rings. The highest BCUT2D eigenvalue weighted by Crippen LogP contribution is 2.50. The average molecular weight is 353 g/mol. The summed E-state index contributed by atoms with van der Waals surface area (Å²) in [6.07, 6.45) is 2.25. The Bertz CT molecular complexity index is 849. The Kier molecular flexibility index (Phi) is 4.17. The maximum Gasteiger partial charge on any atom is 0.224 e. The number of hydrogen-bond donors (Lipinski definition) is 1. The van der Waals surface area contributed by atoms with Gasteiger partial charge in [0.25, 0.3) is 0 Å². The predicted molar refractivity (Wildman–Crippen MR) is 101 cm³/mol. The minimum Gasteiger partial charge on any atom is -0.363 e. The van der Waals surface area contributed by atoms with Crippen molar-refractivity contribution in [2.24, 2.45) is 11.8 Å². The zero-order valence-electron chi connectivity index (χ0n) is 15.4. The van der Waals surface area contributed by atoms with E-state index in [9.17, 15) is 9.18 Å². The van der Waals surface area contributed by atoms with Gasteiger partial charge in [0.2, 0.25) is 5.91 Å². The van der Waals surface area contributed by atoms with Crippen molar-refractivity contribution in [3.05, 3.63) is 53.5 Å². The second kappa shape index (κ2) is 6.38. The summed E-state index contributed by atoms with van der Waals surface area (Å²) in [6, 6.07) is 10.7. The summed E-state index contributed by atoms with van der Waals surface area (Å²) >= 11 is 0. The molecular weight excluding hydrogens is 329 g/mol. The van der Waals surface area contributed by atoms with Crippen LogP contribution in [0.25, 0.3) is 0 Å². The molecule has 5 heteroatoms. The van der Waals surface area contributed by atoms with E-state index in [1.54, 1.807) is 13.0 Å². The molecule has 3 atom stereocenters. The number of nitrogens with one attached hydrogen (secondary N) is 1. The van der Waals surface area contributed by atoms with Gasteiger partial charge in [-0.2, -0.15) is 0 Å². The SMILES string of the molecule is CC(=O)N1c2cc(F)ccc2C(Nc2cccc(C)n2)[C@@H](C)C1C1CC1. The summed E-state index contributed by atoms with van der Waals surface area (Å²) in [5, 5.41) is 3.55. The average Bonchev–Trinajstić information content (AvgIpc) is 3.41. The Labute approximate surface area is 153 Å². The third-order valence-corrected chi connectivity index (χ3v) is 5.59. The zero-order chi connectivity index (χ0) is 18.4. The van der Waals surface area contributed by atoms with E-state index in [0.29, 0.717) is 11.6 Å². The number of aryl methyl sites for hydroxylation is 1. The highest BCUT2D eigenvalue weighted by atomic mass is 19.1. The quantitative estimate of drug-likeness (QED) is 0.886. The maximum absolute atomic E-state index is 14.0. The van der Waals surface area contributed by atoms with Crippen LogP contribution in [0.15, 0.2) is 36.4 Å². The highest BCUT2D eigenvalue weighted by Gasteiger charge is 2.47. The van der Waals surface area contributed by atoms with Gasteiger partial charge in [-0.1, -0.05) is 19.1 Å². The lowest BCUT2D eigenvalue weighted by atomic mass is 9.80. The van der Waals surface area contributed by atoms with Crippen molar-refractivity contribution in [3.8, 4) is 0 Å². The molecule has 4 nitrogen and oxygen atoms in total. The minimum absolute atomic E-state index is 0.0129. The van der Waals surface area contributed by atoms with Crippen molar-refractivity contribution >= 4 is 17.4 Å². The predicted octanol–water partition coefficient (Wildman–Crippen LogP) is 4.46. The molecule has 1 aromatic heterocycles. The van der Waals surface area contributed by atoms with E-state index < -0.39 is 0 Å². The first kappa shape index (κ1) is 17.0. The van der Waals surface area contributed by atoms with Gasteiger partial charge in [-0.3, -0.25) is 4.79 Å². The molecule has 2 unspecified atom stereocenters. The number of rotatable bonds is 3. The third kappa shape index (κ3) is 2.96. The number of aromatic nitrogens is 1. The Balaban J connectivity index is 1.80. The Morgan fingerprint density at radius 3 is 2.69 bits per heavy atom. The lowest BCUT2D eigenvalue weighted by molar-refractivity contribution is -0.117. The van der Waals surface area contributed by atoms with Crippen LogP contribution in [0.5, 0.6) is 0 Å². The van der Waals surface area contributed by atoms with Gasteiger partial charge in [-0.15, -0.1) is 0 Å². The van der Waals surface area contributed by atoms with Crippen LogP contribution in [-0.2, 0) is 4.79 Å². The molecule has 26 heavy (non-hydrogen) atoms. The van der Waals surface area contributed by atoms with Crippen LogP contribution in [0, 0.1) is 24.6 Å². The van der Waals surface area contributed by atoms with E-state index in [1.807, 2.05) is 30.0 Å². The fourth-order valence-electron chi connectivity index (χ4n) is 4.31. The van der Waals surface area contributed by atoms with Gasteiger partial charge in [0.1, 0.15) is 11.6 Å². The van der Waals surface area contributed by atoms with E-state index in [1.165, 1.54) is 12.1 Å². The monoisotopic (exact) mass is 353 g/mol. The number of carbonyl (C=O) groups is 1. The second-order valence-corrected chi connectivity index (χ2v) is 7.57. The molecule has 1 aromatic carbocycles. The number of halogens is 1. The normalized spacial score (nSPS) is 24.9. The molecule has 0 radical (unpaired) electrons. The minimum atomic E-state index is -0.313. The van der Waals surface area contributed by atoms with Crippen LogP contribution in [0.3, 0.4) is 0 Å². The van der Waals surface area contributed by atoms with Crippen LogP contribution >= 0.6 is 0 Å². The van der Waals surface area contributed by atoms with E-state index in [2.05, 4.69) is 17.2 Å². The molecule has 1 N–H and O–H groups in total. The summed E-state index contributed by atoms with van der Waals surface area (Å²) < 4.78 is 14.0. The smallest absolute Gasteiger partial charge is 0.224 e.